The fraction of sp³-hybridized carbons (Fsp3) is 0.214. The van der Waals surface area contributed by atoms with Crippen LogP contribution in [-0.2, 0) is 7.05 Å². The zero-order chi connectivity index (χ0) is 23.2. The van der Waals surface area contributed by atoms with Gasteiger partial charge in [-0.3, -0.25) is 4.79 Å². The second kappa shape index (κ2) is 10.2. The lowest BCUT2D eigenvalue weighted by molar-refractivity contribution is 0.0932. The van der Waals surface area contributed by atoms with Crippen LogP contribution in [0.25, 0.3) is 22.6 Å². The van der Waals surface area contributed by atoms with Gasteiger partial charge in [0.2, 0.25) is 0 Å². The van der Waals surface area contributed by atoms with Gasteiger partial charge in [0.25, 0.3) is 5.91 Å². The standard InChI is InChI=1S/C28H29N3O2/c1-4-19-33-24-17-15-22(16-18-24)25-26(28(32)29-20(2)21-11-7-5-8-12-21)31(3)27(30-25)23-13-9-6-10-14-23/h5-18,20H,4,19H2,1-3H3,(H,29,32). The van der Waals surface area contributed by atoms with Crippen LogP contribution in [-0.4, -0.2) is 22.1 Å². The first kappa shape index (κ1) is 22.3. The maximum Gasteiger partial charge on any atom is 0.270 e. The molecule has 1 amide bonds. The van der Waals surface area contributed by atoms with Gasteiger partial charge in [-0.25, -0.2) is 4.98 Å². The van der Waals surface area contributed by atoms with Crippen molar-refractivity contribution in [3.63, 3.8) is 0 Å². The molecule has 168 valence electrons. The van der Waals surface area contributed by atoms with Crippen molar-refractivity contribution in [1.29, 1.82) is 0 Å². The second-order valence-electron chi connectivity index (χ2n) is 8.04. The van der Waals surface area contributed by atoms with Gasteiger partial charge in [-0.05, 0) is 43.2 Å². The highest BCUT2D eigenvalue weighted by Gasteiger charge is 2.24. The van der Waals surface area contributed by atoms with Crippen molar-refractivity contribution in [3.8, 4) is 28.4 Å². The van der Waals surface area contributed by atoms with Crippen LogP contribution in [0.5, 0.6) is 5.75 Å². The highest BCUT2D eigenvalue weighted by Crippen LogP contribution is 2.30. The van der Waals surface area contributed by atoms with Crippen molar-refractivity contribution < 1.29 is 9.53 Å². The van der Waals surface area contributed by atoms with E-state index in [1.165, 1.54) is 0 Å². The molecule has 4 aromatic rings. The van der Waals surface area contributed by atoms with Gasteiger partial charge < -0.3 is 14.6 Å². The molecule has 5 nitrogen and oxygen atoms in total. The predicted molar refractivity (Wildman–Crippen MR) is 132 cm³/mol. The van der Waals surface area contributed by atoms with E-state index in [0.717, 1.165) is 34.7 Å². The van der Waals surface area contributed by atoms with Crippen molar-refractivity contribution in [3.05, 3.63) is 96.2 Å². The molecule has 5 heteroatoms. The quantitative estimate of drug-likeness (QED) is 0.364. The number of ether oxygens (including phenoxy) is 1. The Balaban J connectivity index is 1.72. The molecule has 0 aliphatic carbocycles. The number of carbonyl (C=O) groups excluding carboxylic acids is 1. The summed E-state index contributed by atoms with van der Waals surface area (Å²) < 4.78 is 7.59. The third-order valence-corrected chi connectivity index (χ3v) is 5.59. The van der Waals surface area contributed by atoms with Gasteiger partial charge in [0, 0.05) is 18.2 Å². The smallest absolute Gasteiger partial charge is 0.270 e. The number of imidazole rings is 1. The first-order valence-electron chi connectivity index (χ1n) is 11.3. The van der Waals surface area contributed by atoms with E-state index < -0.39 is 0 Å². The van der Waals surface area contributed by atoms with Gasteiger partial charge >= 0.3 is 0 Å². The molecular weight excluding hydrogens is 410 g/mol. The molecular formula is C28H29N3O2. The second-order valence-corrected chi connectivity index (χ2v) is 8.04. The maximum absolute atomic E-state index is 13.5. The van der Waals surface area contributed by atoms with Crippen LogP contribution in [0.4, 0.5) is 0 Å². The minimum absolute atomic E-state index is 0.133. The summed E-state index contributed by atoms with van der Waals surface area (Å²) in [4.78, 5) is 18.4. The molecule has 0 aliphatic rings. The number of amides is 1. The topological polar surface area (TPSA) is 56.2 Å². The lowest BCUT2D eigenvalue weighted by Gasteiger charge is -2.15. The van der Waals surface area contributed by atoms with Crippen LogP contribution < -0.4 is 10.1 Å². The number of rotatable bonds is 8. The molecule has 0 aliphatic heterocycles. The van der Waals surface area contributed by atoms with Gasteiger partial charge in [0.15, 0.2) is 0 Å². The highest BCUT2D eigenvalue weighted by molar-refractivity contribution is 5.99. The molecule has 0 bridgehead atoms. The van der Waals surface area contributed by atoms with Crippen molar-refractivity contribution >= 4 is 5.91 Å². The largest absolute Gasteiger partial charge is 0.494 e. The summed E-state index contributed by atoms with van der Waals surface area (Å²) in [5.74, 6) is 1.39. The molecule has 4 rings (SSSR count). The molecule has 0 fully saturated rings. The van der Waals surface area contributed by atoms with Crippen LogP contribution in [0, 0.1) is 0 Å². The van der Waals surface area contributed by atoms with E-state index in [1.807, 2.05) is 103 Å². The molecule has 1 heterocycles. The third-order valence-electron chi connectivity index (χ3n) is 5.59. The number of hydrogen-bond acceptors (Lipinski definition) is 3. The summed E-state index contributed by atoms with van der Waals surface area (Å²) in [6.45, 7) is 4.74. The van der Waals surface area contributed by atoms with Crippen LogP contribution >= 0.6 is 0 Å². The molecule has 1 unspecified atom stereocenters. The fourth-order valence-corrected chi connectivity index (χ4v) is 3.82. The molecule has 0 radical (unpaired) electrons. The van der Waals surface area contributed by atoms with Gasteiger partial charge in [-0.1, -0.05) is 67.6 Å². The Bertz CT molecular complexity index is 1200. The molecule has 0 spiro atoms. The van der Waals surface area contributed by atoms with Crippen LogP contribution in [0.15, 0.2) is 84.9 Å². The first-order valence-corrected chi connectivity index (χ1v) is 11.3. The lowest BCUT2D eigenvalue weighted by atomic mass is 10.1. The van der Waals surface area contributed by atoms with E-state index in [2.05, 4.69) is 12.2 Å². The highest BCUT2D eigenvalue weighted by atomic mass is 16.5. The summed E-state index contributed by atoms with van der Waals surface area (Å²) in [7, 11) is 1.89. The minimum Gasteiger partial charge on any atom is -0.494 e. The normalized spacial score (nSPS) is 11.7. The van der Waals surface area contributed by atoms with Crippen LogP contribution in [0.3, 0.4) is 0 Å². The summed E-state index contributed by atoms with van der Waals surface area (Å²) in [6, 6.07) is 27.5. The Hall–Kier alpha value is -3.86. The number of aromatic nitrogens is 2. The third kappa shape index (κ3) is 4.98. The molecule has 0 saturated heterocycles. The monoisotopic (exact) mass is 439 g/mol. The van der Waals surface area contributed by atoms with E-state index >= 15 is 0 Å². The Morgan fingerprint density at radius 2 is 1.58 bits per heavy atom. The number of carbonyl (C=O) groups is 1. The first-order chi connectivity index (χ1) is 16.1. The summed E-state index contributed by atoms with van der Waals surface area (Å²) in [5.41, 5.74) is 4.05. The van der Waals surface area contributed by atoms with E-state index in [0.29, 0.717) is 18.0 Å². The Labute approximate surface area is 195 Å². The van der Waals surface area contributed by atoms with Crippen molar-refractivity contribution in [1.82, 2.24) is 14.9 Å². The van der Waals surface area contributed by atoms with Gasteiger partial charge in [-0.2, -0.15) is 0 Å². The van der Waals surface area contributed by atoms with Crippen molar-refractivity contribution in [2.45, 2.75) is 26.3 Å². The van der Waals surface area contributed by atoms with Gasteiger partial charge in [0.1, 0.15) is 23.0 Å². The van der Waals surface area contributed by atoms with Gasteiger partial charge in [0.05, 0.1) is 12.6 Å². The number of hydrogen-bond donors (Lipinski definition) is 1. The number of benzene rings is 3. The van der Waals surface area contributed by atoms with Crippen molar-refractivity contribution in [2.24, 2.45) is 7.05 Å². The average molecular weight is 440 g/mol. The fourth-order valence-electron chi connectivity index (χ4n) is 3.82. The van der Waals surface area contributed by atoms with Crippen molar-refractivity contribution in [2.75, 3.05) is 6.61 Å². The molecule has 1 atom stereocenters. The molecule has 1 N–H and O–H groups in total. The van der Waals surface area contributed by atoms with E-state index in [4.69, 9.17) is 9.72 Å². The minimum atomic E-state index is -0.162. The summed E-state index contributed by atoms with van der Waals surface area (Å²) >= 11 is 0. The Kier molecular flexibility index (Phi) is 6.89. The summed E-state index contributed by atoms with van der Waals surface area (Å²) in [6.07, 6.45) is 0.951. The number of nitrogens with one attached hydrogen (secondary N) is 1. The van der Waals surface area contributed by atoms with E-state index in [1.54, 1.807) is 0 Å². The van der Waals surface area contributed by atoms with Crippen LogP contribution in [0.2, 0.25) is 0 Å². The predicted octanol–water partition coefficient (Wildman–Crippen LogP) is 6.03. The Morgan fingerprint density at radius 1 is 0.939 bits per heavy atom. The molecule has 1 aromatic heterocycles. The molecule has 3 aromatic carbocycles. The Morgan fingerprint density at radius 3 is 2.21 bits per heavy atom. The van der Waals surface area contributed by atoms with Gasteiger partial charge in [-0.15, -0.1) is 0 Å². The zero-order valence-corrected chi connectivity index (χ0v) is 19.3. The number of nitrogens with zero attached hydrogens (tertiary/aromatic N) is 2. The van der Waals surface area contributed by atoms with E-state index in [-0.39, 0.29) is 11.9 Å². The lowest BCUT2D eigenvalue weighted by Crippen LogP contribution is -2.28. The molecule has 0 saturated carbocycles. The average Bonchev–Trinajstić information content (AvgIpc) is 3.21. The van der Waals surface area contributed by atoms with E-state index in [9.17, 15) is 4.79 Å². The SMILES string of the molecule is CCCOc1ccc(-c2nc(-c3ccccc3)n(C)c2C(=O)NC(C)c2ccccc2)cc1. The summed E-state index contributed by atoms with van der Waals surface area (Å²) in [5, 5.41) is 3.14. The molecule has 33 heavy (non-hydrogen) atoms. The maximum atomic E-state index is 13.5. The van der Waals surface area contributed by atoms with Crippen LogP contribution in [0.1, 0.15) is 42.4 Å². The zero-order valence-electron chi connectivity index (χ0n) is 19.3.